The standard InChI is InChI=1S/C48H28N2O/c1-2-13-33-31(11-1)32-12-3-4-14-34(32)41-27-29(21-23-35(33)41)50-42-18-8-5-15-36(42)39-25-26-44-47(48(39)50)40-17-6-9-19-43(40)49(44)30-22-24-38-37-16-7-10-20-45(37)51-46(38)28-30/h1-28H. The highest BCUT2D eigenvalue weighted by atomic mass is 16.3. The monoisotopic (exact) mass is 648 g/mol. The van der Waals surface area contributed by atoms with Crippen LogP contribution in [0.15, 0.2) is 174 Å². The molecule has 12 rings (SSSR count). The van der Waals surface area contributed by atoms with Crippen molar-refractivity contribution >= 4 is 97.9 Å². The number of nitrogens with zero attached hydrogens (tertiary/aromatic N) is 2. The Morgan fingerprint density at radius 3 is 1.51 bits per heavy atom. The second kappa shape index (κ2) is 9.87. The zero-order valence-electron chi connectivity index (χ0n) is 27.5. The Balaban J connectivity index is 1.21. The topological polar surface area (TPSA) is 23.0 Å². The second-order valence-corrected chi connectivity index (χ2v) is 13.7. The largest absolute Gasteiger partial charge is 0.456 e. The van der Waals surface area contributed by atoms with Gasteiger partial charge in [-0.15, -0.1) is 0 Å². The lowest BCUT2D eigenvalue weighted by molar-refractivity contribution is 0.668. The van der Waals surface area contributed by atoms with E-state index < -0.39 is 0 Å². The van der Waals surface area contributed by atoms with E-state index in [1.165, 1.54) is 75.9 Å². The highest BCUT2D eigenvalue weighted by molar-refractivity contribution is 6.28. The minimum absolute atomic E-state index is 0.894. The first-order chi connectivity index (χ1) is 25.3. The molecule has 0 bridgehead atoms. The minimum atomic E-state index is 0.894. The van der Waals surface area contributed by atoms with Gasteiger partial charge in [-0.25, -0.2) is 0 Å². The summed E-state index contributed by atoms with van der Waals surface area (Å²) in [7, 11) is 0. The Morgan fingerprint density at radius 2 is 0.784 bits per heavy atom. The van der Waals surface area contributed by atoms with E-state index in [4.69, 9.17) is 4.42 Å². The smallest absolute Gasteiger partial charge is 0.137 e. The first-order valence-electron chi connectivity index (χ1n) is 17.5. The average molecular weight is 649 g/mol. The summed E-state index contributed by atoms with van der Waals surface area (Å²) in [6.07, 6.45) is 0. The maximum atomic E-state index is 6.38. The third-order valence-corrected chi connectivity index (χ3v) is 11.1. The van der Waals surface area contributed by atoms with E-state index in [-0.39, 0.29) is 0 Å². The van der Waals surface area contributed by atoms with E-state index in [2.05, 4.69) is 167 Å². The molecule has 3 heterocycles. The zero-order valence-corrected chi connectivity index (χ0v) is 27.5. The molecule has 9 aromatic carbocycles. The number of hydrogen-bond donors (Lipinski definition) is 0. The molecular formula is C48H28N2O. The average Bonchev–Trinajstić information content (AvgIpc) is 3.85. The van der Waals surface area contributed by atoms with Crippen LogP contribution in [-0.2, 0) is 0 Å². The van der Waals surface area contributed by atoms with E-state index in [0.717, 1.165) is 33.3 Å². The predicted octanol–water partition coefficient (Wildman–Crippen LogP) is 13.2. The summed E-state index contributed by atoms with van der Waals surface area (Å²) in [5.74, 6) is 0. The minimum Gasteiger partial charge on any atom is -0.456 e. The lowest BCUT2D eigenvalue weighted by Crippen LogP contribution is -1.96. The maximum Gasteiger partial charge on any atom is 0.137 e. The summed E-state index contributed by atoms with van der Waals surface area (Å²) in [6.45, 7) is 0. The highest BCUT2D eigenvalue weighted by Gasteiger charge is 2.22. The molecule has 51 heavy (non-hydrogen) atoms. The van der Waals surface area contributed by atoms with Crippen molar-refractivity contribution in [3.05, 3.63) is 170 Å². The van der Waals surface area contributed by atoms with Crippen LogP contribution in [0.1, 0.15) is 0 Å². The van der Waals surface area contributed by atoms with Crippen molar-refractivity contribution in [3.63, 3.8) is 0 Å². The molecule has 0 saturated carbocycles. The van der Waals surface area contributed by atoms with Crippen molar-refractivity contribution in [2.75, 3.05) is 0 Å². The zero-order chi connectivity index (χ0) is 33.2. The van der Waals surface area contributed by atoms with Gasteiger partial charge in [0.05, 0.1) is 22.1 Å². The van der Waals surface area contributed by atoms with E-state index in [9.17, 15) is 0 Å². The summed E-state index contributed by atoms with van der Waals surface area (Å²) >= 11 is 0. The lowest BCUT2D eigenvalue weighted by Gasteiger charge is -2.14. The van der Waals surface area contributed by atoms with Gasteiger partial charge in [0, 0.05) is 49.8 Å². The van der Waals surface area contributed by atoms with Crippen LogP contribution in [0.25, 0.3) is 109 Å². The van der Waals surface area contributed by atoms with Gasteiger partial charge in [-0.3, -0.25) is 0 Å². The molecule has 3 aromatic heterocycles. The lowest BCUT2D eigenvalue weighted by atomic mass is 9.94. The van der Waals surface area contributed by atoms with Gasteiger partial charge in [-0.2, -0.15) is 0 Å². The number of benzene rings is 9. The van der Waals surface area contributed by atoms with Crippen LogP contribution in [0.4, 0.5) is 0 Å². The van der Waals surface area contributed by atoms with Gasteiger partial charge in [0.2, 0.25) is 0 Å². The number of hydrogen-bond acceptors (Lipinski definition) is 1. The Kier molecular flexibility index (Phi) is 5.23. The molecule has 3 nitrogen and oxygen atoms in total. The summed E-state index contributed by atoms with van der Waals surface area (Å²) < 4.78 is 11.3. The van der Waals surface area contributed by atoms with Crippen LogP contribution in [0.2, 0.25) is 0 Å². The number of rotatable bonds is 2. The number of fused-ring (bicyclic) bond motifs is 16. The van der Waals surface area contributed by atoms with E-state index in [1.807, 2.05) is 12.1 Å². The number of para-hydroxylation sites is 3. The molecule has 0 N–H and O–H groups in total. The predicted molar refractivity (Wildman–Crippen MR) is 215 cm³/mol. The van der Waals surface area contributed by atoms with Gasteiger partial charge in [0.15, 0.2) is 0 Å². The Morgan fingerprint density at radius 1 is 0.294 bits per heavy atom. The number of aromatic nitrogens is 2. The van der Waals surface area contributed by atoms with Gasteiger partial charge in [0.1, 0.15) is 11.2 Å². The fourth-order valence-corrected chi connectivity index (χ4v) is 8.94. The molecule has 12 aromatic rings. The molecule has 0 aliphatic rings. The molecule has 236 valence electrons. The van der Waals surface area contributed by atoms with Crippen molar-refractivity contribution in [2.45, 2.75) is 0 Å². The van der Waals surface area contributed by atoms with Crippen LogP contribution in [0.3, 0.4) is 0 Å². The summed E-state index contributed by atoms with van der Waals surface area (Å²) in [5.41, 5.74) is 8.80. The van der Waals surface area contributed by atoms with Crippen molar-refractivity contribution in [3.8, 4) is 11.4 Å². The number of furan rings is 1. The van der Waals surface area contributed by atoms with Crippen molar-refractivity contribution < 1.29 is 4.42 Å². The molecule has 3 heteroatoms. The summed E-state index contributed by atoms with van der Waals surface area (Å²) in [4.78, 5) is 0. The molecule has 0 amide bonds. The quantitative estimate of drug-likeness (QED) is 0.171. The summed E-state index contributed by atoms with van der Waals surface area (Å²) in [5, 5.41) is 14.9. The van der Waals surface area contributed by atoms with Gasteiger partial charge in [-0.1, -0.05) is 115 Å². The van der Waals surface area contributed by atoms with Crippen LogP contribution in [-0.4, -0.2) is 9.13 Å². The molecule has 0 atom stereocenters. The molecule has 0 unspecified atom stereocenters. The van der Waals surface area contributed by atoms with Gasteiger partial charge in [0.25, 0.3) is 0 Å². The Hall–Kier alpha value is -6.84. The van der Waals surface area contributed by atoms with Crippen molar-refractivity contribution in [2.24, 2.45) is 0 Å². The normalized spacial score (nSPS) is 12.3. The van der Waals surface area contributed by atoms with Crippen molar-refractivity contribution in [1.82, 2.24) is 9.13 Å². The summed E-state index contributed by atoms with van der Waals surface area (Å²) in [6, 6.07) is 61.8. The van der Waals surface area contributed by atoms with E-state index in [0.29, 0.717) is 0 Å². The second-order valence-electron chi connectivity index (χ2n) is 13.7. The fraction of sp³-hybridized carbons (Fsp3) is 0. The maximum absolute atomic E-state index is 6.38. The molecule has 0 saturated heterocycles. The third-order valence-electron chi connectivity index (χ3n) is 11.1. The first kappa shape index (κ1) is 27.0. The van der Waals surface area contributed by atoms with Crippen LogP contribution < -0.4 is 0 Å². The van der Waals surface area contributed by atoms with Crippen LogP contribution in [0, 0.1) is 0 Å². The molecule has 0 aliphatic heterocycles. The van der Waals surface area contributed by atoms with Gasteiger partial charge >= 0.3 is 0 Å². The van der Waals surface area contributed by atoms with Crippen LogP contribution in [0.5, 0.6) is 0 Å². The Labute approximate surface area is 291 Å². The highest BCUT2D eigenvalue weighted by Crippen LogP contribution is 2.44. The van der Waals surface area contributed by atoms with E-state index in [1.54, 1.807) is 0 Å². The molecule has 0 radical (unpaired) electrons. The molecule has 0 fully saturated rings. The van der Waals surface area contributed by atoms with Gasteiger partial charge < -0.3 is 13.6 Å². The van der Waals surface area contributed by atoms with Crippen molar-refractivity contribution in [1.29, 1.82) is 0 Å². The fourth-order valence-electron chi connectivity index (χ4n) is 8.94. The molecule has 0 aliphatic carbocycles. The van der Waals surface area contributed by atoms with E-state index >= 15 is 0 Å². The van der Waals surface area contributed by atoms with Gasteiger partial charge in [-0.05, 0) is 80.8 Å². The molecular weight excluding hydrogens is 621 g/mol. The third kappa shape index (κ3) is 3.57. The first-order valence-corrected chi connectivity index (χ1v) is 17.5. The SMILES string of the molecule is c1ccc2c(c1)oc1cc(-n3c4ccccc4c4c3ccc3c5ccccc5n(-c5ccc6c7ccccc7c7ccccc7c6c5)c34)ccc12. The molecule has 0 spiro atoms. The Bertz CT molecular complexity index is 3390. The van der Waals surface area contributed by atoms with Crippen LogP contribution >= 0.6 is 0 Å².